The zero-order chi connectivity index (χ0) is 13.3. The lowest BCUT2D eigenvalue weighted by molar-refractivity contribution is 0.594. The molecular weight excluding hydrogens is 266 g/mol. The maximum absolute atomic E-state index is 11.5. The largest absolute Gasteiger partial charge is 0.280 e. The minimum absolute atomic E-state index is 0.0948. The highest BCUT2D eigenvalue weighted by Gasteiger charge is 2.19. The quantitative estimate of drug-likeness (QED) is 0.805. The van der Waals surface area contributed by atoms with Crippen LogP contribution in [0.15, 0.2) is 6.07 Å². The molecule has 0 unspecified atom stereocenters. The van der Waals surface area contributed by atoms with Gasteiger partial charge in [0.05, 0.1) is 0 Å². The highest BCUT2D eigenvalue weighted by Crippen LogP contribution is 2.15. The van der Waals surface area contributed by atoms with Crippen molar-refractivity contribution in [3.63, 3.8) is 0 Å². The summed E-state index contributed by atoms with van der Waals surface area (Å²) >= 11 is 0. The Labute approximate surface area is 101 Å². The first-order valence-corrected chi connectivity index (χ1v) is 8.54. The van der Waals surface area contributed by atoms with E-state index in [0.717, 1.165) is 11.9 Å². The molecule has 0 amide bonds. The summed E-state index contributed by atoms with van der Waals surface area (Å²) in [6, 6.07) is 1.53. The van der Waals surface area contributed by atoms with Crippen molar-refractivity contribution in [2.24, 2.45) is 0 Å². The molecule has 0 aromatic carbocycles. The molecular formula is C8H15N3O4S2. The smallest absolute Gasteiger partial charge is 0.248 e. The number of hydrogen-bond donors (Lipinski definition) is 2. The second-order valence-corrected chi connectivity index (χ2v) is 8.35. The van der Waals surface area contributed by atoms with Gasteiger partial charge in [-0.1, -0.05) is 13.8 Å². The Bertz CT molecular complexity index is 586. The molecule has 0 spiro atoms. The van der Waals surface area contributed by atoms with E-state index in [-0.39, 0.29) is 11.7 Å². The van der Waals surface area contributed by atoms with Crippen LogP contribution in [0.2, 0.25) is 0 Å². The third kappa shape index (κ3) is 4.73. The lowest BCUT2D eigenvalue weighted by Gasteiger charge is -2.03. The van der Waals surface area contributed by atoms with Crippen molar-refractivity contribution in [2.75, 3.05) is 16.1 Å². The van der Waals surface area contributed by atoms with Gasteiger partial charge in [-0.25, -0.2) is 16.8 Å². The van der Waals surface area contributed by atoms with E-state index in [0.29, 0.717) is 0 Å². The van der Waals surface area contributed by atoms with E-state index in [1.54, 1.807) is 0 Å². The number of aromatic amines is 1. The fourth-order valence-electron chi connectivity index (χ4n) is 1.16. The number of hydrogen-bond acceptors (Lipinski definition) is 5. The van der Waals surface area contributed by atoms with Gasteiger partial charge in [0.15, 0.2) is 20.7 Å². The fraction of sp³-hybridized carbons (Fsp3) is 0.625. The van der Waals surface area contributed by atoms with Crippen molar-refractivity contribution in [1.29, 1.82) is 0 Å². The number of aromatic nitrogens is 2. The molecule has 7 nitrogen and oxygen atoms in total. The average Bonchev–Trinajstić information content (AvgIpc) is 2.46. The zero-order valence-corrected chi connectivity index (χ0v) is 11.4. The molecule has 98 valence electrons. The van der Waals surface area contributed by atoms with Gasteiger partial charge in [-0.15, -0.1) is 0 Å². The second-order valence-electron chi connectivity index (χ2n) is 4.12. The Morgan fingerprint density at radius 2 is 1.94 bits per heavy atom. The summed E-state index contributed by atoms with van der Waals surface area (Å²) in [6.07, 6.45) is 0.857. The third-order valence-electron chi connectivity index (χ3n) is 1.85. The maximum Gasteiger partial charge on any atom is 0.248 e. The van der Waals surface area contributed by atoms with Crippen LogP contribution >= 0.6 is 0 Å². The van der Waals surface area contributed by atoms with Gasteiger partial charge >= 0.3 is 0 Å². The molecule has 0 bridgehead atoms. The van der Waals surface area contributed by atoms with Crippen molar-refractivity contribution in [3.8, 4) is 0 Å². The lowest BCUT2D eigenvalue weighted by atomic mass is 10.1. The summed E-state index contributed by atoms with van der Waals surface area (Å²) in [4.78, 5) is 0. The topological polar surface area (TPSA) is 109 Å². The number of sulfonamides is 1. The highest BCUT2D eigenvalue weighted by molar-refractivity contribution is 8.08. The maximum atomic E-state index is 11.5. The van der Waals surface area contributed by atoms with Gasteiger partial charge < -0.3 is 0 Å². The Kier molecular flexibility index (Phi) is 3.82. The standard InChI is InChI=1S/C8H15N3O4S2/c1-6(2)7-4-8(10-9-7)11-17(14,15)5-16(3,12)13/h4,6H,5H2,1-3H3,(H2,9,10,11). The molecule has 0 radical (unpaired) electrons. The molecule has 1 aromatic rings. The molecule has 0 saturated carbocycles. The van der Waals surface area contributed by atoms with Crippen LogP contribution in [0.25, 0.3) is 0 Å². The molecule has 17 heavy (non-hydrogen) atoms. The van der Waals surface area contributed by atoms with Crippen molar-refractivity contribution in [1.82, 2.24) is 10.2 Å². The molecule has 9 heteroatoms. The first kappa shape index (κ1) is 14.0. The second kappa shape index (κ2) is 4.65. The average molecular weight is 281 g/mol. The minimum atomic E-state index is -3.93. The zero-order valence-electron chi connectivity index (χ0n) is 9.76. The molecule has 1 rings (SSSR count). The summed E-state index contributed by atoms with van der Waals surface area (Å²) in [6.45, 7) is 3.84. The molecule has 0 aliphatic rings. The van der Waals surface area contributed by atoms with Crippen LogP contribution in [0, 0.1) is 0 Å². The summed E-state index contributed by atoms with van der Waals surface area (Å²) < 4.78 is 46.8. The Morgan fingerprint density at radius 1 is 1.35 bits per heavy atom. The van der Waals surface area contributed by atoms with Crippen molar-refractivity contribution in [3.05, 3.63) is 11.8 Å². The molecule has 2 N–H and O–H groups in total. The van der Waals surface area contributed by atoms with E-state index in [1.807, 2.05) is 13.8 Å². The molecule has 0 fully saturated rings. The number of H-pyrrole nitrogens is 1. The molecule has 1 aromatic heterocycles. The van der Waals surface area contributed by atoms with Crippen LogP contribution in [0.3, 0.4) is 0 Å². The normalized spacial score (nSPS) is 12.9. The van der Waals surface area contributed by atoms with E-state index in [4.69, 9.17) is 0 Å². The highest BCUT2D eigenvalue weighted by atomic mass is 32.3. The van der Waals surface area contributed by atoms with Crippen molar-refractivity contribution < 1.29 is 16.8 Å². The van der Waals surface area contributed by atoms with Crippen molar-refractivity contribution in [2.45, 2.75) is 19.8 Å². The number of nitrogens with zero attached hydrogens (tertiary/aromatic N) is 1. The predicted molar refractivity (Wildman–Crippen MR) is 64.9 cm³/mol. The summed E-state index contributed by atoms with van der Waals surface area (Å²) in [7, 11) is -7.53. The van der Waals surface area contributed by atoms with Gasteiger partial charge in [0, 0.05) is 18.0 Å². The SMILES string of the molecule is CC(C)c1cc(NS(=O)(=O)CS(C)(=O)=O)n[nH]1. The summed E-state index contributed by atoms with van der Waals surface area (Å²) in [5, 5.41) is 5.45. The molecule has 0 saturated heterocycles. The Hall–Kier alpha value is -1.09. The van der Waals surface area contributed by atoms with Crippen LogP contribution in [0.1, 0.15) is 25.5 Å². The van der Waals surface area contributed by atoms with Crippen LogP contribution in [0.5, 0.6) is 0 Å². The first-order valence-electron chi connectivity index (χ1n) is 4.82. The fourth-order valence-corrected chi connectivity index (χ4v) is 4.07. The van der Waals surface area contributed by atoms with Crippen LogP contribution in [-0.4, -0.2) is 38.4 Å². The minimum Gasteiger partial charge on any atom is -0.280 e. The summed E-state index contributed by atoms with van der Waals surface area (Å²) in [5.74, 6) is 0.271. The number of rotatable bonds is 5. The van der Waals surface area contributed by atoms with Gasteiger partial charge in [0.2, 0.25) is 10.0 Å². The summed E-state index contributed by atoms with van der Waals surface area (Å²) in [5.41, 5.74) is 0.766. The van der Waals surface area contributed by atoms with Gasteiger partial charge in [-0.05, 0) is 5.92 Å². The number of sulfone groups is 1. The molecule has 1 heterocycles. The molecule has 0 aliphatic heterocycles. The number of anilines is 1. The lowest BCUT2D eigenvalue weighted by Crippen LogP contribution is -2.22. The Morgan fingerprint density at radius 3 is 2.35 bits per heavy atom. The first-order chi connectivity index (χ1) is 7.59. The molecule has 0 atom stereocenters. The van der Waals surface area contributed by atoms with Gasteiger partial charge in [0.25, 0.3) is 0 Å². The monoisotopic (exact) mass is 281 g/mol. The van der Waals surface area contributed by atoms with E-state index in [9.17, 15) is 16.8 Å². The van der Waals surface area contributed by atoms with Crippen LogP contribution in [0.4, 0.5) is 5.82 Å². The Balaban J connectivity index is 2.84. The number of nitrogens with one attached hydrogen (secondary N) is 2. The van der Waals surface area contributed by atoms with E-state index in [2.05, 4.69) is 14.9 Å². The predicted octanol–water partition coefficient (Wildman–Crippen LogP) is 0.277. The van der Waals surface area contributed by atoms with E-state index in [1.165, 1.54) is 6.07 Å². The van der Waals surface area contributed by atoms with Crippen LogP contribution < -0.4 is 4.72 Å². The van der Waals surface area contributed by atoms with E-state index < -0.39 is 24.9 Å². The van der Waals surface area contributed by atoms with E-state index >= 15 is 0 Å². The van der Waals surface area contributed by atoms with Gasteiger partial charge in [0.1, 0.15) is 0 Å². The van der Waals surface area contributed by atoms with Gasteiger partial charge in [-0.3, -0.25) is 9.82 Å². The molecule has 0 aliphatic carbocycles. The van der Waals surface area contributed by atoms with Crippen molar-refractivity contribution >= 4 is 25.7 Å². The van der Waals surface area contributed by atoms with Crippen LogP contribution in [-0.2, 0) is 19.9 Å². The van der Waals surface area contributed by atoms with Gasteiger partial charge in [-0.2, -0.15) is 5.10 Å². The third-order valence-corrected chi connectivity index (χ3v) is 5.32.